The quantitative estimate of drug-likeness (QED) is 0.860. The number of rotatable bonds is 2. The van der Waals surface area contributed by atoms with Gasteiger partial charge in [-0.1, -0.05) is 12.8 Å². The molecule has 2 N–H and O–H groups in total. The van der Waals surface area contributed by atoms with Gasteiger partial charge in [-0.3, -0.25) is 9.59 Å². The molecule has 2 heterocycles. The molecule has 1 saturated heterocycles. The van der Waals surface area contributed by atoms with E-state index in [1.807, 2.05) is 4.90 Å². The number of hydrogen-bond acceptors (Lipinski definition) is 5. The van der Waals surface area contributed by atoms with Crippen LogP contribution in [0.1, 0.15) is 36.2 Å². The van der Waals surface area contributed by atoms with Crippen molar-refractivity contribution < 1.29 is 9.59 Å². The maximum absolute atomic E-state index is 12.4. The van der Waals surface area contributed by atoms with Gasteiger partial charge in [-0.2, -0.15) is 0 Å². The highest BCUT2D eigenvalue weighted by Crippen LogP contribution is 2.27. The Bertz CT molecular complexity index is 563. The van der Waals surface area contributed by atoms with Crippen LogP contribution in [0.4, 0.5) is 5.82 Å². The largest absolute Gasteiger partial charge is 0.382 e. The fraction of sp³-hybridized carbons (Fsp3) is 0.600. The van der Waals surface area contributed by atoms with Crippen molar-refractivity contribution in [3.8, 4) is 0 Å². The highest BCUT2D eigenvalue weighted by Gasteiger charge is 2.31. The van der Waals surface area contributed by atoms with Gasteiger partial charge in [-0.15, -0.1) is 0 Å². The molecule has 0 radical (unpaired) electrons. The standard InChI is InChI=1S/C15H21N5O2/c16-13-12(17-5-6-18-13)15(22)20-9-7-19(8-10-20)14(21)11-3-1-2-4-11/h5-6,11H,1-4,7-10H2,(H2,16,18). The summed E-state index contributed by atoms with van der Waals surface area (Å²) in [4.78, 5) is 36.3. The molecule has 0 atom stereocenters. The molecule has 1 aromatic heterocycles. The highest BCUT2D eigenvalue weighted by atomic mass is 16.2. The van der Waals surface area contributed by atoms with E-state index in [-0.39, 0.29) is 29.2 Å². The van der Waals surface area contributed by atoms with Crippen molar-refractivity contribution in [2.75, 3.05) is 31.9 Å². The lowest BCUT2D eigenvalue weighted by atomic mass is 10.1. The third-order valence-corrected chi connectivity index (χ3v) is 4.51. The van der Waals surface area contributed by atoms with Gasteiger partial charge in [0.15, 0.2) is 11.5 Å². The van der Waals surface area contributed by atoms with Crippen molar-refractivity contribution in [2.45, 2.75) is 25.7 Å². The zero-order valence-electron chi connectivity index (χ0n) is 12.6. The summed E-state index contributed by atoms with van der Waals surface area (Å²) in [6, 6.07) is 0. The predicted octanol–water partition coefficient (Wildman–Crippen LogP) is 0.533. The zero-order chi connectivity index (χ0) is 15.5. The maximum atomic E-state index is 12.4. The summed E-state index contributed by atoms with van der Waals surface area (Å²) in [5, 5.41) is 0. The average molecular weight is 303 g/mol. The minimum atomic E-state index is -0.210. The van der Waals surface area contributed by atoms with Crippen LogP contribution in [0.25, 0.3) is 0 Å². The Morgan fingerprint density at radius 2 is 1.59 bits per heavy atom. The zero-order valence-corrected chi connectivity index (χ0v) is 12.6. The third kappa shape index (κ3) is 2.88. The number of nitrogen functional groups attached to an aromatic ring is 1. The second-order valence-corrected chi connectivity index (χ2v) is 5.89. The van der Waals surface area contributed by atoms with Crippen molar-refractivity contribution in [2.24, 2.45) is 5.92 Å². The first kappa shape index (κ1) is 14.7. The van der Waals surface area contributed by atoms with Gasteiger partial charge in [0, 0.05) is 44.5 Å². The fourth-order valence-electron chi connectivity index (χ4n) is 3.22. The topological polar surface area (TPSA) is 92.4 Å². The lowest BCUT2D eigenvalue weighted by Gasteiger charge is -2.35. The van der Waals surface area contributed by atoms with E-state index in [1.165, 1.54) is 12.4 Å². The van der Waals surface area contributed by atoms with E-state index in [2.05, 4.69) is 9.97 Å². The molecule has 7 heteroatoms. The summed E-state index contributed by atoms with van der Waals surface area (Å²) in [5.74, 6) is 0.386. The third-order valence-electron chi connectivity index (χ3n) is 4.51. The average Bonchev–Trinajstić information content (AvgIpc) is 3.09. The Hall–Kier alpha value is -2.18. The number of hydrogen-bond donors (Lipinski definition) is 1. The van der Waals surface area contributed by atoms with Crippen LogP contribution < -0.4 is 5.73 Å². The van der Waals surface area contributed by atoms with Gasteiger partial charge >= 0.3 is 0 Å². The molecule has 7 nitrogen and oxygen atoms in total. The first-order valence-corrected chi connectivity index (χ1v) is 7.81. The number of carbonyl (C=O) groups is 2. The van der Waals surface area contributed by atoms with Gasteiger partial charge in [0.25, 0.3) is 5.91 Å². The van der Waals surface area contributed by atoms with Crippen molar-refractivity contribution in [1.82, 2.24) is 19.8 Å². The van der Waals surface area contributed by atoms with Crippen LogP contribution in [-0.4, -0.2) is 57.8 Å². The molecule has 0 unspecified atom stereocenters. The van der Waals surface area contributed by atoms with Crippen molar-refractivity contribution in [3.63, 3.8) is 0 Å². The number of nitrogens with zero attached hydrogens (tertiary/aromatic N) is 4. The summed E-state index contributed by atoms with van der Waals surface area (Å²) in [7, 11) is 0. The maximum Gasteiger partial charge on any atom is 0.276 e. The first-order chi connectivity index (χ1) is 10.7. The summed E-state index contributed by atoms with van der Waals surface area (Å²) >= 11 is 0. The molecule has 3 rings (SSSR count). The Kier molecular flexibility index (Phi) is 4.22. The van der Waals surface area contributed by atoms with Crippen LogP contribution in [-0.2, 0) is 4.79 Å². The molecule has 2 aliphatic rings. The van der Waals surface area contributed by atoms with Gasteiger partial charge in [-0.05, 0) is 12.8 Å². The first-order valence-electron chi connectivity index (χ1n) is 7.81. The van der Waals surface area contributed by atoms with Gasteiger partial charge < -0.3 is 15.5 Å². The summed E-state index contributed by atoms with van der Waals surface area (Å²) in [5.41, 5.74) is 5.89. The number of nitrogens with two attached hydrogens (primary N) is 1. The lowest BCUT2D eigenvalue weighted by molar-refractivity contribution is -0.136. The van der Waals surface area contributed by atoms with Crippen LogP contribution in [0.2, 0.25) is 0 Å². The number of piperazine rings is 1. The van der Waals surface area contributed by atoms with Crippen LogP contribution in [0.5, 0.6) is 0 Å². The van der Waals surface area contributed by atoms with Gasteiger partial charge in [0.05, 0.1) is 0 Å². The van der Waals surface area contributed by atoms with Gasteiger partial charge in [-0.25, -0.2) is 9.97 Å². The molecule has 2 fully saturated rings. The Balaban J connectivity index is 1.58. The van der Waals surface area contributed by atoms with Gasteiger partial charge in [0.2, 0.25) is 5.91 Å². The van der Waals surface area contributed by atoms with E-state index in [0.717, 1.165) is 25.7 Å². The number of aromatic nitrogens is 2. The van der Waals surface area contributed by atoms with E-state index < -0.39 is 0 Å². The normalized spacial score (nSPS) is 19.5. The van der Waals surface area contributed by atoms with E-state index in [1.54, 1.807) is 4.90 Å². The van der Waals surface area contributed by atoms with Crippen molar-refractivity contribution in [1.29, 1.82) is 0 Å². The van der Waals surface area contributed by atoms with Crippen LogP contribution in [0.15, 0.2) is 12.4 Å². The second kappa shape index (κ2) is 6.29. The molecule has 1 aromatic rings. The van der Waals surface area contributed by atoms with E-state index in [0.29, 0.717) is 26.2 Å². The van der Waals surface area contributed by atoms with E-state index in [9.17, 15) is 9.59 Å². The van der Waals surface area contributed by atoms with Crippen LogP contribution in [0, 0.1) is 5.92 Å². The minimum Gasteiger partial charge on any atom is -0.382 e. The summed E-state index contributed by atoms with van der Waals surface area (Å²) in [6.07, 6.45) is 7.25. The summed E-state index contributed by atoms with van der Waals surface area (Å²) in [6.45, 7) is 2.21. The molecular weight excluding hydrogens is 282 g/mol. The SMILES string of the molecule is Nc1nccnc1C(=O)N1CCN(C(=O)C2CCCC2)CC1. The van der Waals surface area contributed by atoms with Gasteiger partial charge in [0.1, 0.15) is 0 Å². The Morgan fingerprint density at radius 3 is 2.23 bits per heavy atom. The molecule has 0 aromatic carbocycles. The molecule has 0 bridgehead atoms. The second-order valence-electron chi connectivity index (χ2n) is 5.89. The molecule has 0 spiro atoms. The molecule has 1 aliphatic carbocycles. The van der Waals surface area contributed by atoms with E-state index in [4.69, 9.17) is 5.73 Å². The van der Waals surface area contributed by atoms with E-state index >= 15 is 0 Å². The lowest BCUT2D eigenvalue weighted by Crippen LogP contribution is -2.52. The smallest absolute Gasteiger partial charge is 0.276 e. The van der Waals surface area contributed by atoms with Crippen molar-refractivity contribution >= 4 is 17.6 Å². The minimum absolute atomic E-state index is 0.150. The number of anilines is 1. The molecule has 1 saturated carbocycles. The molecule has 1 aliphatic heterocycles. The highest BCUT2D eigenvalue weighted by molar-refractivity contribution is 5.96. The molecular formula is C15H21N5O2. The monoisotopic (exact) mass is 303 g/mol. The molecule has 118 valence electrons. The Morgan fingerprint density at radius 1 is 1.00 bits per heavy atom. The summed E-state index contributed by atoms with van der Waals surface area (Å²) < 4.78 is 0. The fourth-order valence-corrected chi connectivity index (χ4v) is 3.22. The van der Waals surface area contributed by atoms with Crippen LogP contribution in [0.3, 0.4) is 0 Å². The molecule has 22 heavy (non-hydrogen) atoms. The van der Waals surface area contributed by atoms with Crippen molar-refractivity contribution in [3.05, 3.63) is 18.1 Å². The number of carbonyl (C=O) groups excluding carboxylic acids is 2. The Labute approximate surface area is 129 Å². The molecule has 2 amide bonds. The number of amides is 2. The van der Waals surface area contributed by atoms with Crippen LogP contribution >= 0.6 is 0 Å². The predicted molar refractivity (Wildman–Crippen MR) is 80.9 cm³/mol.